The van der Waals surface area contributed by atoms with Crippen LogP contribution >= 0.6 is 19.3 Å². The number of halogens is 1. The summed E-state index contributed by atoms with van der Waals surface area (Å²) in [6.45, 7) is 2.07. The molecule has 1 saturated heterocycles. The van der Waals surface area contributed by atoms with E-state index in [0.29, 0.717) is 0 Å². The van der Waals surface area contributed by atoms with Crippen molar-refractivity contribution in [1.29, 1.82) is 0 Å². The van der Waals surface area contributed by atoms with E-state index in [1.54, 1.807) is 12.1 Å². The molecule has 2 aromatic rings. The van der Waals surface area contributed by atoms with Gasteiger partial charge in [0.25, 0.3) is 5.56 Å². The lowest BCUT2D eigenvalue weighted by molar-refractivity contribution is -0.142. The number of hydrogen-bond acceptors (Lipinski definition) is 10. The summed E-state index contributed by atoms with van der Waals surface area (Å²) >= 11 is 6.10. The molecule has 0 bridgehead atoms. The summed E-state index contributed by atoms with van der Waals surface area (Å²) in [5, 5.41) is 17.1. The molecule has 1 aliphatic rings. The van der Waals surface area contributed by atoms with Gasteiger partial charge in [0.2, 0.25) is 0 Å². The zero-order valence-electron chi connectivity index (χ0n) is 19.8. The number of carbonyl (C=O) groups excluding carboxylic acids is 1. The summed E-state index contributed by atoms with van der Waals surface area (Å²) in [6, 6.07) is 5.98. The Morgan fingerprint density at radius 1 is 1.43 bits per heavy atom. The topological polar surface area (TPSA) is 207 Å². The highest BCUT2D eigenvalue weighted by Crippen LogP contribution is 2.48. The molecule has 3 rings (SSSR count). The molecule has 15 nitrogen and oxygen atoms in total. The van der Waals surface area contributed by atoms with Crippen molar-refractivity contribution in [3.8, 4) is 5.75 Å². The summed E-state index contributed by atoms with van der Waals surface area (Å²) < 4.78 is 36.0. The predicted molar refractivity (Wildman–Crippen MR) is 129 cm³/mol. The van der Waals surface area contributed by atoms with Crippen LogP contribution in [0.15, 0.2) is 51.2 Å². The average molecular weight is 559 g/mol. The number of para-hydroxylation sites is 1. The molecule has 2 unspecified atom stereocenters. The minimum absolute atomic E-state index is 0.0263. The molecular formula is C20H24ClN6O9P. The van der Waals surface area contributed by atoms with Gasteiger partial charge in [0, 0.05) is 17.2 Å². The number of methoxy groups -OCH3 is 1. The molecule has 1 fully saturated rings. The first-order chi connectivity index (χ1) is 17.4. The second-order valence-corrected chi connectivity index (χ2v) is 10.2. The highest BCUT2D eigenvalue weighted by atomic mass is 35.5. The lowest BCUT2D eigenvalue weighted by Gasteiger charge is -2.28. The van der Waals surface area contributed by atoms with Crippen LogP contribution in [-0.4, -0.2) is 58.1 Å². The third-order valence-electron chi connectivity index (χ3n) is 5.49. The zero-order chi connectivity index (χ0) is 27.4. The number of aromatic nitrogens is 2. The van der Waals surface area contributed by atoms with Crippen molar-refractivity contribution < 1.29 is 33.0 Å². The van der Waals surface area contributed by atoms with Crippen LogP contribution in [0.5, 0.6) is 5.75 Å². The maximum absolute atomic E-state index is 13.6. The van der Waals surface area contributed by atoms with Crippen molar-refractivity contribution in [3.63, 3.8) is 0 Å². The molecule has 0 radical (unpaired) electrons. The molecule has 0 saturated carbocycles. The van der Waals surface area contributed by atoms with Crippen molar-refractivity contribution >= 4 is 25.3 Å². The summed E-state index contributed by atoms with van der Waals surface area (Å²) in [6.07, 6.45) is -3.14. The zero-order valence-corrected chi connectivity index (χ0v) is 21.5. The highest BCUT2D eigenvalue weighted by Gasteiger charge is 2.55. The number of rotatable bonds is 10. The Kier molecular flexibility index (Phi) is 8.82. The molecule has 17 heteroatoms. The van der Waals surface area contributed by atoms with Crippen LogP contribution in [0.3, 0.4) is 0 Å². The van der Waals surface area contributed by atoms with E-state index in [9.17, 15) is 24.1 Å². The van der Waals surface area contributed by atoms with E-state index in [0.717, 1.165) is 23.9 Å². The molecule has 0 spiro atoms. The van der Waals surface area contributed by atoms with Crippen molar-refractivity contribution in [2.24, 2.45) is 5.11 Å². The number of nitrogens with one attached hydrogen (secondary N) is 2. The minimum atomic E-state index is -4.38. The molecule has 2 heterocycles. The smallest absolute Gasteiger partial charge is 0.459 e. The number of esters is 1. The number of benzene rings is 1. The van der Waals surface area contributed by atoms with E-state index >= 15 is 0 Å². The minimum Gasteiger partial charge on any atom is -0.468 e. The van der Waals surface area contributed by atoms with Crippen LogP contribution in [0.25, 0.3) is 10.4 Å². The first-order valence-corrected chi connectivity index (χ1v) is 12.6. The Morgan fingerprint density at radius 2 is 2.14 bits per heavy atom. The second kappa shape index (κ2) is 11.5. The van der Waals surface area contributed by atoms with Gasteiger partial charge < -0.3 is 19.1 Å². The fraction of sp³-hybridized carbons (Fsp3) is 0.450. The third-order valence-corrected chi connectivity index (χ3v) is 7.43. The normalized spacial score (nSPS) is 25.5. The van der Waals surface area contributed by atoms with Crippen molar-refractivity contribution in [2.75, 3.05) is 13.7 Å². The Bertz CT molecular complexity index is 1360. The van der Waals surface area contributed by atoms with E-state index in [1.165, 1.54) is 26.0 Å². The van der Waals surface area contributed by atoms with Gasteiger partial charge in [0.05, 0.1) is 24.8 Å². The van der Waals surface area contributed by atoms with Crippen molar-refractivity contribution in [2.45, 2.75) is 43.9 Å². The molecule has 1 aliphatic heterocycles. The van der Waals surface area contributed by atoms with Crippen LogP contribution in [0.1, 0.15) is 20.1 Å². The van der Waals surface area contributed by atoms with Crippen LogP contribution in [0.2, 0.25) is 5.02 Å². The summed E-state index contributed by atoms with van der Waals surface area (Å²) in [7, 11) is -3.24. The molecule has 1 aromatic heterocycles. The van der Waals surface area contributed by atoms with Crippen molar-refractivity contribution in [1.82, 2.24) is 14.6 Å². The molecule has 6 atom stereocenters. The van der Waals surface area contributed by atoms with Gasteiger partial charge in [-0.15, -0.1) is 0 Å². The Hall–Kier alpha value is -3.16. The van der Waals surface area contributed by atoms with Crippen LogP contribution in [0, 0.1) is 0 Å². The number of carbonyl (C=O) groups is 1. The van der Waals surface area contributed by atoms with Gasteiger partial charge in [-0.2, -0.15) is 5.09 Å². The lowest BCUT2D eigenvalue weighted by Crippen LogP contribution is -2.45. The summed E-state index contributed by atoms with van der Waals surface area (Å²) in [5.74, 6) is -0.793. The standard InChI is InChI=1S/C20H24ClN6O9P/c1-11(17(30)33-3)24-37(32,36-13-7-5-4-6-12(13)21)34-10-14-16(29)20(2,25-26-22)18(35-14)27-9-8-15(28)23-19(27)31/h4-9,11,14,16,18,29H,10H2,1-3H3,(H,24,32)(H,23,28,31)/t11-,14+,16+,18?,20+,37?/m0/s1. The Balaban J connectivity index is 1.90. The fourth-order valence-electron chi connectivity index (χ4n) is 3.57. The van der Waals surface area contributed by atoms with Crippen molar-refractivity contribution in [3.05, 3.63) is 72.8 Å². The molecule has 1 aromatic carbocycles. The van der Waals surface area contributed by atoms with E-state index in [4.69, 9.17) is 30.9 Å². The predicted octanol–water partition coefficient (Wildman–Crippen LogP) is 1.87. The van der Waals surface area contributed by atoms with E-state index < -0.39 is 61.6 Å². The number of aliphatic hydroxyl groups is 1. The molecule has 3 N–H and O–H groups in total. The summed E-state index contributed by atoms with van der Waals surface area (Å²) in [4.78, 5) is 40.5. The third kappa shape index (κ3) is 6.22. The van der Waals surface area contributed by atoms with E-state index in [1.807, 2.05) is 4.98 Å². The van der Waals surface area contributed by atoms with Crippen LogP contribution in [-0.2, 0) is 23.4 Å². The monoisotopic (exact) mass is 558 g/mol. The Labute approximate surface area is 214 Å². The molecular weight excluding hydrogens is 535 g/mol. The van der Waals surface area contributed by atoms with Gasteiger partial charge in [0.1, 0.15) is 23.4 Å². The molecule has 200 valence electrons. The molecule has 37 heavy (non-hydrogen) atoms. The van der Waals surface area contributed by atoms with Gasteiger partial charge in [-0.1, -0.05) is 28.8 Å². The van der Waals surface area contributed by atoms with Gasteiger partial charge >= 0.3 is 19.4 Å². The number of ether oxygens (including phenoxy) is 2. The maximum atomic E-state index is 13.6. The van der Waals surface area contributed by atoms with Crippen LogP contribution in [0.4, 0.5) is 0 Å². The molecule has 0 aliphatic carbocycles. The Morgan fingerprint density at radius 3 is 2.76 bits per heavy atom. The number of azide groups is 1. The quantitative estimate of drug-likeness (QED) is 0.127. The lowest BCUT2D eigenvalue weighted by atomic mass is 9.93. The highest BCUT2D eigenvalue weighted by molar-refractivity contribution is 7.52. The number of hydrogen-bond donors (Lipinski definition) is 3. The van der Waals surface area contributed by atoms with Gasteiger partial charge in [-0.3, -0.25) is 23.7 Å². The fourth-order valence-corrected chi connectivity index (χ4v) is 5.32. The van der Waals surface area contributed by atoms with Gasteiger partial charge in [-0.05, 0) is 31.5 Å². The number of aromatic amines is 1. The maximum Gasteiger partial charge on any atom is 0.459 e. The number of nitrogens with zero attached hydrogens (tertiary/aromatic N) is 4. The number of aliphatic hydroxyl groups excluding tert-OH is 1. The summed E-state index contributed by atoms with van der Waals surface area (Å²) in [5.41, 5.74) is 5.78. The van der Waals surface area contributed by atoms with E-state index in [-0.39, 0.29) is 10.8 Å². The average Bonchev–Trinajstić information content (AvgIpc) is 3.09. The first kappa shape index (κ1) is 28.4. The van der Waals surface area contributed by atoms with E-state index in [2.05, 4.69) is 19.9 Å². The van der Waals surface area contributed by atoms with Gasteiger partial charge in [-0.25, -0.2) is 9.36 Å². The second-order valence-electron chi connectivity index (χ2n) is 8.09. The number of H-pyrrole nitrogens is 1. The SMILES string of the molecule is COC(=O)[C@H](C)NP(=O)(OC[C@H]1OC(n2ccc(=O)[nH]c2=O)[C@](C)(N=[N+]=[N-])[C@@H]1O)Oc1ccccc1Cl. The van der Waals surface area contributed by atoms with Crippen LogP contribution < -0.4 is 20.9 Å². The largest absolute Gasteiger partial charge is 0.468 e. The van der Waals surface area contributed by atoms with Gasteiger partial charge in [0.15, 0.2) is 6.23 Å². The first-order valence-electron chi connectivity index (χ1n) is 10.7. The molecule has 0 amide bonds.